The Morgan fingerprint density at radius 3 is 2.79 bits per heavy atom. The number of hydrogen-bond acceptors (Lipinski definition) is 4. The Balaban J connectivity index is 1.45. The highest BCUT2D eigenvalue weighted by Crippen LogP contribution is 2.48. The van der Waals surface area contributed by atoms with E-state index in [9.17, 15) is 15.0 Å². The summed E-state index contributed by atoms with van der Waals surface area (Å²) >= 11 is 1.71. The molecule has 3 rings (SSSR count). The molecular weight excluding hydrogens is 430 g/mol. The maximum atomic E-state index is 12.3. The number of nitrogens with zero attached hydrogens (tertiary/aromatic N) is 1. The van der Waals surface area contributed by atoms with E-state index in [0.717, 1.165) is 30.6 Å². The second-order valence-electron chi connectivity index (χ2n) is 10.8. The number of aliphatic hydroxyl groups excluding tert-OH is 2. The summed E-state index contributed by atoms with van der Waals surface area (Å²) in [7, 11) is 1.88. The third-order valence-electron chi connectivity index (χ3n) is 7.21. The van der Waals surface area contributed by atoms with E-state index in [1.807, 2.05) is 30.2 Å². The maximum absolute atomic E-state index is 12.3. The first-order chi connectivity index (χ1) is 15.5. The lowest BCUT2D eigenvalue weighted by atomic mass is 9.88. The van der Waals surface area contributed by atoms with Crippen molar-refractivity contribution in [3.63, 3.8) is 0 Å². The van der Waals surface area contributed by atoms with E-state index in [-0.39, 0.29) is 23.5 Å². The van der Waals surface area contributed by atoms with Crippen molar-refractivity contribution >= 4 is 17.7 Å². The van der Waals surface area contributed by atoms with E-state index in [1.165, 1.54) is 11.1 Å². The van der Waals surface area contributed by atoms with Crippen molar-refractivity contribution in [2.75, 3.05) is 18.6 Å². The van der Waals surface area contributed by atoms with Gasteiger partial charge in [-0.3, -0.25) is 4.79 Å². The van der Waals surface area contributed by atoms with E-state index >= 15 is 0 Å². The molecule has 5 atom stereocenters. The van der Waals surface area contributed by atoms with Crippen LogP contribution in [0.25, 0.3) is 0 Å². The SMILES string of the molecule is Cc1cccc(C[C@H](O)C=C[C@@H]2[C@H]3CC(CCSCC(=O)N(C)C(C)(C)C)=C[C@H]3C[C@H]2O)c1. The molecule has 4 nitrogen and oxygen atoms in total. The Labute approximate surface area is 204 Å². The largest absolute Gasteiger partial charge is 0.392 e. The van der Waals surface area contributed by atoms with Gasteiger partial charge in [-0.2, -0.15) is 11.8 Å². The minimum Gasteiger partial charge on any atom is -0.392 e. The number of benzene rings is 1. The van der Waals surface area contributed by atoms with Gasteiger partial charge >= 0.3 is 0 Å². The van der Waals surface area contributed by atoms with Gasteiger partial charge in [-0.1, -0.05) is 53.6 Å². The van der Waals surface area contributed by atoms with Crippen molar-refractivity contribution in [3.8, 4) is 0 Å². The molecule has 0 heterocycles. The van der Waals surface area contributed by atoms with Gasteiger partial charge < -0.3 is 15.1 Å². The average Bonchev–Trinajstić information content (AvgIpc) is 3.24. The lowest BCUT2D eigenvalue weighted by Crippen LogP contribution is -2.43. The summed E-state index contributed by atoms with van der Waals surface area (Å²) in [5.41, 5.74) is 3.65. The third kappa shape index (κ3) is 7.21. The number of aryl methyl sites for hydroxylation is 1. The molecule has 182 valence electrons. The lowest BCUT2D eigenvalue weighted by Gasteiger charge is -2.32. The summed E-state index contributed by atoms with van der Waals surface area (Å²) in [6, 6.07) is 8.24. The third-order valence-corrected chi connectivity index (χ3v) is 8.15. The van der Waals surface area contributed by atoms with E-state index < -0.39 is 6.10 Å². The highest BCUT2D eigenvalue weighted by Gasteiger charge is 2.43. The molecule has 0 unspecified atom stereocenters. The molecule has 2 aliphatic rings. The Bertz CT molecular complexity index is 872. The van der Waals surface area contributed by atoms with Crippen molar-refractivity contribution in [1.29, 1.82) is 0 Å². The first-order valence-electron chi connectivity index (χ1n) is 12.2. The van der Waals surface area contributed by atoms with Crippen LogP contribution in [0.4, 0.5) is 0 Å². The fraction of sp³-hybridized carbons (Fsp3) is 0.607. The van der Waals surface area contributed by atoms with Crippen LogP contribution in [0.1, 0.15) is 51.2 Å². The van der Waals surface area contributed by atoms with Gasteiger partial charge in [0.2, 0.25) is 5.91 Å². The van der Waals surface area contributed by atoms with Crippen molar-refractivity contribution in [2.45, 2.75) is 71.1 Å². The Hall–Kier alpha value is -1.56. The van der Waals surface area contributed by atoms with Crippen LogP contribution in [0.2, 0.25) is 0 Å². The maximum Gasteiger partial charge on any atom is 0.232 e. The Morgan fingerprint density at radius 2 is 2.09 bits per heavy atom. The number of aliphatic hydroxyl groups is 2. The summed E-state index contributed by atoms with van der Waals surface area (Å²) in [5, 5.41) is 21.1. The van der Waals surface area contributed by atoms with Crippen LogP contribution in [-0.4, -0.2) is 57.3 Å². The molecular formula is C28H41NO3S. The van der Waals surface area contributed by atoms with Crippen LogP contribution >= 0.6 is 11.8 Å². The molecule has 1 aromatic rings. The molecule has 2 N–H and O–H groups in total. The topological polar surface area (TPSA) is 60.8 Å². The number of rotatable bonds is 9. The van der Waals surface area contributed by atoms with Gasteiger partial charge in [-0.05, 0) is 70.1 Å². The fourth-order valence-electron chi connectivity index (χ4n) is 5.03. The van der Waals surface area contributed by atoms with Crippen LogP contribution in [-0.2, 0) is 11.2 Å². The van der Waals surface area contributed by atoms with Gasteiger partial charge in [0.15, 0.2) is 0 Å². The van der Waals surface area contributed by atoms with E-state index in [0.29, 0.717) is 24.0 Å². The highest BCUT2D eigenvalue weighted by molar-refractivity contribution is 7.99. The highest BCUT2D eigenvalue weighted by atomic mass is 32.2. The predicted molar refractivity (Wildman–Crippen MR) is 138 cm³/mol. The quantitative estimate of drug-likeness (QED) is 0.402. The average molecular weight is 472 g/mol. The standard InChI is InChI=1S/C28H41NO3S/c1-19-7-6-8-20(13-19)15-23(30)9-10-24-25-16-21(14-22(25)17-26(24)31)11-12-33-18-27(32)29(5)28(2,3)4/h6-10,13-14,22-26,30-31H,11-12,15-18H2,1-5H3/t22-,23+,24+,25-,26+/m0/s1. The zero-order valence-electron chi connectivity index (χ0n) is 20.8. The van der Waals surface area contributed by atoms with Gasteiger partial charge in [0.25, 0.3) is 0 Å². The molecule has 0 aromatic heterocycles. The number of thioether (sulfide) groups is 1. The molecule has 0 saturated heterocycles. The fourth-order valence-corrected chi connectivity index (χ4v) is 5.95. The van der Waals surface area contributed by atoms with E-state index in [2.05, 4.69) is 52.0 Å². The minimum atomic E-state index is -0.535. The van der Waals surface area contributed by atoms with Gasteiger partial charge in [0.1, 0.15) is 0 Å². The van der Waals surface area contributed by atoms with Crippen LogP contribution < -0.4 is 0 Å². The van der Waals surface area contributed by atoms with Gasteiger partial charge in [-0.15, -0.1) is 0 Å². The van der Waals surface area contributed by atoms with Gasteiger partial charge in [0, 0.05) is 24.9 Å². The summed E-state index contributed by atoms with van der Waals surface area (Å²) < 4.78 is 0. The molecule has 33 heavy (non-hydrogen) atoms. The lowest BCUT2D eigenvalue weighted by molar-refractivity contribution is -0.131. The second kappa shape index (κ2) is 11.2. The van der Waals surface area contributed by atoms with Crippen LogP contribution in [0.5, 0.6) is 0 Å². The van der Waals surface area contributed by atoms with Crippen molar-refractivity contribution in [3.05, 3.63) is 59.2 Å². The molecule has 2 aliphatic carbocycles. The summed E-state index contributed by atoms with van der Waals surface area (Å²) in [6.45, 7) is 8.22. The second-order valence-corrected chi connectivity index (χ2v) is 11.9. The number of allylic oxidation sites excluding steroid dienone is 2. The van der Waals surface area contributed by atoms with Crippen molar-refractivity contribution in [1.82, 2.24) is 4.90 Å². The molecule has 0 aliphatic heterocycles. The zero-order valence-corrected chi connectivity index (χ0v) is 21.6. The van der Waals surface area contributed by atoms with Crippen LogP contribution in [0, 0.1) is 24.7 Å². The molecule has 1 saturated carbocycles. The molecule has 1 aromatic carbocycles. The molecule has 1 fully saturated rings. The molecule has 1 amide bonds. The monoisotopic (exact) mass is 471 g/mol. The van der Waals surface area contributed by atoms with Crippen molar-refractivity contribution < 1.29 is 15.0 Å². The van der Waals surface area contributed by atoms with E-state index in [1.54, 1.807) is 11.8 Å². The number of fused-ring (bicyclic) bond motifs is 1. The Kier molecular flexibility index (Phi) is 8.88. The summed E-state index contributed by atoms with van der Waals surface area (Å²) in [5.74, 6) is 2.62. The minimum absolute atomic E-state index is 0.102. The molecule has 0 radical (unpaired) electrons. The van der Waals surface area contributed by atoms with E-state index in [4.69, 9.17) is 0 Å². The normalized spacial score (nSPS) is 25.8. The Morgan fingerprint density at radius 1 is 1.33 bits per heavy atom. The number of carbonyl (C=O) groups is 1. The van der Waals surface area contributed by atoms with Crippen molar-refractivity contribution in [2.24, 2.45) is 17.8 Å². The number of carbonyl (C=O) groups excluding carboxylic acids is 1. The van der Waals surface area contributed by atoms with Crippen LogP contribution in [0.15, 0.2) is 48.1 Å². The first kappa shape index (κ1) is 26.1. The van der Waals surface area contributed by atoms with Gasteiger partial charge in [-0.25, -0.2) is 0 Å². The molecule has 0 bridgehead atoms. The summed E-state index contributed by atoms with van der Waals surface area (Å²) in [6.07, 6.45) is 8.86. The first-order valence-corrected chi connectivity index (χ1v) is 13.3. The summed E-state index contributed by atoms with van der Waals surface area (Å²) in [4.78, 5) is 14.1. The number of amides is 1. The molecule has 5 heteroatoms. The predicted octanol–water partition coefficient (Wildman–Crippen LogP) is 4.78. The van der Waals surface area contributed by atoms with Crippen LogP contribution in [0.3, 0.4) is 0 Å². The number of hydrogen-bond donors (Lipinski definition) is 2. The smallest absolute Gasteiger partial charge is 0.232 e. The molecule has 0 spiro atoms. The van der Waals surface area contributed by atoms with Gasteiger partial charge in [0.05, 0.1) is 18.0 Å². The zero-order chi connectivity index (χ0) is 24.2.